The lowest BCUT2D eigenvalue weighted by Crippen LogP contribution is -2.49. The summed E-state index contributed by atoms with van der Waals surface area (Å²) in [7, 11) is 0. The fraction of sp³-hybridized carbons (Fsp3) is 0.600. The van der Waals surface area contributed by atoms with Gasteiger partial charge < -0.3 is 20.3 Å². The van der Waals surface area contributed by atoms with Crippen LogP contribution in [0.2, 0.25) is 0 Å². The summed E-state index contributed by atoms with van der Waals surface area (Å²) < 4.78 is 5.66. The summed E-state index contributed by atoms with van der Waals surface area (Å²) in [4.78, 5) is 25.8. The van der Waals surface area contributed by atoms with Crippen LogP contribution >= 0.6 is 0 Å². The van der Waals surface area contributed by atoms with E-state index in [4.69, 9.17) is 4.74 Å². The number of amides is 3. The number of ether oxygens (including phenoxy) is 1. The third kappa shape index (κ3) is 6.58. The minimum atomic E-state index is -0.144. The fourth-order valence-corrected chi connectivity index (χ4v) is 3.02. The number of hydrogen-bond acceptors (Lipinski definition) is 3. The summed E-state index contributed by atoms with van der Waals surface area (Å²) >= 11 is 0. The van der Waals surface area contributed by atoms with E-state index in [1.165, 1.54) is 5.56 Å². The zero-order valence-electron chi connectivity index (χ0n) is 16.1. The van der Waals surface area contributed by atoms with Crippen LogP contribution in [-0.2, 0) is 4.79 Å². The predicted octanol–water partition coefficient (Wildman–Crippen LogP) is 2.71. The van der Waals surface area contributed by atoms with Crippen LogP contribution in [0.4, 0.5) is 4.79 Å². The van der Waals surface area contributed by atoms with Crippen molar-refractivity contribution < 1.29 is 14.3 Å². The molecule has 0 bridgehead atoms. The van der Waals surface area contributed by atoms with Gasteiger partial charge in [0.05, 0.1) is 6.61 Å². The zero-order valence-corrected chi connectivity index (χ0v) is 16.1. The molecule has 6 nitrogen and oxygen atoms in total. The molecule has 0 spiro atoms. The highest BCUT2D eigenvalue weighted by Crippen LogP contribution is 2.13. The molecule has 1 aliphatic rings. The number of likely N-dealkylation sites (tertiary alicyclic amines) is 1. The lowest BCUT2D eigenvalue weighted by atomic mass is 10.0. The van der Waals surface area contributed by atoms with E-state index in [0.717, 1.165) is 25.0 Å². The second-order valence-corrected chi connectivity index (χ2v) is 7.17. The minimum absolute atomic E-state index is 0.0322. The van der Waals surface area contributed by atoms with E-state index in [9.17, 15) is 9.59 Å². The van der Waals surface area contributed by atoms with E-state index in [-0.39, 0.29) is 23.9 Å². The van der Waals surface area contributed by atoms with Gasteiger partial charge in [0.15, 0.2) is 0 Å². The Hall–Kier alpha value is -2.24. The molecule has 0 aliphatic carbocycles. The molecule has 0 aromatic heterocycles. The maximum atomic E-state index is 12.0. The third-order valence-electron chi connectivity index (χ3n) is 4.50. The van der Waals surface area contributed by atoms with Gasteiger partial charge in [0.1, 0.15) is 5.75 Å². The molecular formula is C20H31N3O3. The van der Waals surface area contributed by atoms with Crippen LogP contribution in [0.5, 0.6) is 5.75 Å². The number of urea groups is 1. The molecule has 26 heavy (non-hydrogen) atoms. The minimum Gasteiger partial charge on any atom is -0.494 e. The van der Waals surface area contributed by atoms with Crippen LogP contribution in [0.3, 0.4) is 0 Å². The summed E-state index contributed by atoms with van der Waals surface area (Å²) in [6.07, 6.45) is 2.37. The van der Waals surface area contributed by atoms with Crippen molar-refractivity contribution in [1.29, 1.82) is 0 Å². The predicted molar refractivity (Wildman–Crippen MR) is 102 cm³/mol. The smallest absolute Gasteiger partial charge is 0.315 e. The summed E-state index contributed by atoms with van der Waals surface area (Å²) in [5.41, 5.74) is 1.17. The number of carbonyl (C=O) groups is 2. The van der Waals surface area contributed by atoms with Gasteiger partial charge in [-0.2, -0.15) is 0 Å². The Morgan fingerprint density at radius 2 is 2.00 bits per heavy atom. The first-order valence-corrected chi connectivity index (χ1v) is 9.48. The molecule has 0 atom stereocenters. The second kappa shape index (κ2) is 10.0. The van der Waals surface area contributed by atoms with Gasteiger partial charge in [-0.1, -0.05) is 26.0 Å². The molecule has 1 heterocycles. The number of nitrogens with one attached hydrogen (secondary N) is 2. The average molecular weight is 361 g/mol. The van der Waals surface area contributed by atoms with E-state index >= 15 is 0 Å². The van der Waals surface area contributed by atoms with Crippen molar-refractivity contribution in [2.24, 2.45) is 5.92 Å². The Morgan fingerprint density at radius 3 is 2.65 bits per heavy atom. The Balaban J connectivity index is 1.56. The second-order valence-electron chi connectivity index (χ2n) is 7.17. The lowest BCUT2D eigenvalue weighted by Gasteiger charge is -2.33. The van der Waals surface area contributed by atoms with Crippen molar-refractivity contribution in [3.63, 3.8) is 0 Å². The van der Waals surface area contributed by atoms with E-state index in [2.05, 4.69) is 10.6 Å². The maximum absolute atomic E-state index is 12.0. The highest BCUT2D eigenvalue weighted by molar-refractivity contribution is 5.78. The zero-order chi connectivity index (χ0) is 18.9. The molecule has 1 aromatic rings. The van der Waals surface area contributed by atoms with Crippen LogP contribution in [0.25, 0.3) is 0 Å². The number of nitrogens with zero attached hydrogens (tertiary/aromatic N) is 1. The van der Waals surface area contributed by atoms with E-state index in [1.807, 2.05) is 49.9 Å². The molecule has 3 amide bonds. The first kappa shape index (κ1) is 20.1. The molecule has 1 saturated heterocycles. The van der Waals surface area contributed by atoms with Crippen LogP contribution in [0.15, 0.2) is 24.3 Å². The number of hydrogen-bond donors (Lipinski definition) is 2. The average Bonchev–Trinajstić information content (AvgIpc) is 2.61. The normalized spacial score (nSPS) is 15.0. The lowest BCUT2D eigenvalue weighted by molar-refractivity contribution is -0.135. The Labute approximate surface area is 156 Å². The highest BCUT2D eigenvalue weighted by Gasteiger charge is 2.24. The van der Waals surface area contributed by atoms with Crippen LogP contribution in [-0.4, -0.2) is 49.1 Å². The van der Waals surface area contributed by atoms with Crippen LogP contribution in [0.1, 0.15) is 38.7 Å². The van der Waals surface area contributed by atoms with Gasteiger partial charge in [0.25, 0.3) is 0 Å². The monoisotopic (exact) mass is 361 g/mol. The van der Waals surface area contributed by atoms with Gasteiger partial charge >= 0.3 is 6.03 Å². The standard InChI is InChI=1S/C20H31N3O3/c1-15(2)19(24)23-11-8-17(9-12-23)22-20(25)21-10-5-13-26-18-7-4-6-16(3)14-18/h4,6-7,14-15,17H,5,8-13H2,1-3H3,(H2,21,22,25). The van der Waals surface area contributed by atoms with Crippen molar-refractivity contribution in [1.82, 2.24) is 15.5 Å². The van der Waals surface area contributed by atoms with Crippen molar-refractivity contribution in [2.45, 2.75) is 46.1 Å². The highest BCUT2D eigenvalue weighted by atomic mass is 16.5. The number of aryl methyl sites for hydroxylation is 1. The molecule has 1 aromatic carbocycles. The van der Waals surface area contributed by atoms with E-state index in [1.54, 1.807) is 0 Å². The molecule has 2 rings (SSSR count). The van der Waals surface area contributed by atoms with Crippen molar-refractivity contribution >= 4 is 11.9 Å². The van der Waals surface area contributed by atoms with Crippen molar-refractivity contribution in [3.05, 3.63) is 29.8 Å². The van der Waals surface area contributed by atoms with Gasteiger partial charge in [-0.05, 0) is 43.9 Å². The van der Waals surface area contributed by atoms with Crippen molar-refractivity contribution in [2.75, 3.05) is 26.2 Å². The Bertz CT molecular complexity index is 596. The topological polar surface area (TPSA) is 70.7 Å². The van der Waals surface area contributed by atoms with Gasteiger partial charge in [-0.3, -0.25) is 4.79 Å². The third-order valence-corrected chi connectivity index (χ3v) is 4.50. The van der Waals surface area contributed by atoms with Gasteiger partial charge in [0.2, 0.25) is 5.91 Å². The Kier molecular flexibility index (Phi) is 7.75. The molecule has 144 valence electrons. The van der Waals surface area contributed by atoms with Crippen LogP contribution in [0, 0.1) is 12.8 Å². The van der Waals surface area contributed by atoms with E-state index in [0.29, 0.717) is 26.2 Å². The SMILES string of the molecule is Cc1cccc(OCCCNC(=O)NC2CCN(C(=O)C(C)C)CC2)c1. The summed E-state index contributed by atoms with van der Waals surface area (Å²) in [5, 5.41) is 5.86. The maximum Gasteiger partial charge on any atom is 0.315 e. The number of rotatable bonds is 7. The number of carbonyl (C=O) groups excluding carboxylic acids is 2. The molecular weight excluding hydrogens is 330 g/mol. The summed E-state index contributed by atoms with van der Waals surface area (Å²) in [5.74, 6) is 1.09. The molecule has 1 aliphatic heterocycles. The van der Waals surface area contributed by atoms with Gasteiger partial charge in [-0.25, -0.2) is 4.79 Å². The van der Waals surface area contributed by atoms with E-state index < -0.39 is 0 Å². The quantitative estimate of drug-likeness (QED) is 0.734. The summed E-state index contributed by atoms with van der Waals surface area (Å²) in [6, 6.07) is 7.92. The molecule has 0 saturated carbocycles. The molecule has 2 N–H and O–H groups in total. The summed E-state index contributed by atoms with van der Waals surface area (Å²) in [6.45, 7) is 8.44. The molecule has 6 heteroatoms. The fourth-order valence-electron chi connectivity index (χ4n) is 3.02. The first-order valence-electron chi connectivity index (χ1n) is 9.48. The van der Waals surface area contributed by atoms with Gasteiger partial charge in [-0.15, -0.1) is 0 Å². The first-order chi connectivity index (χ1) is 12.5. The Morgan fingerprint density at radius 1 is 1.27 bits per heavy atom. The molecule has 0 radical (unpaired) electrons. The number of piperidine rings is 1. The molecule has 1 fully saturated rings. The number of benzene rings is 1. The van der Waals surface area contributed by atoms with Crippen LogP contribution < -0.4 is 15.4 Å². The van der Waals surface area contributed by atoms with Gasteiger partial charge in [0, 0.05) is 31.6 Å². The molecule has 0 unspecified atom stereocenters. The largest absolute Gasteiger partial charge is 0.494 e. The van der Waals surface area contributed by atoms with Crippen molar-refractivity contribution in [3.8, 4) is 5.75 Å².